The maximum Gasteiger partial charge on any atom is 0.265 e. The summed E-state index contributed by atoms with van der Waals surface area (Å²) < 4.78 is 5.51. The second-order valence-corrected chi connectivity index (χ2v) is 7.91. The Kier molecular flexibility index (Phi) is 5.99. The molecule has 0 aromatic heterocycles. The summed E-state index contributed by atoms with van der Waals surface area (Å²) in [6.07, 6.45) is -0.618. The van der Waals surface area contributed by atoms with E-state index in [1.807, 2.05) is 37.3 Å². The lowest BCUT2D eigenvalue weighted by Crippen LogP contribution is -2.46. The van der Waals surface area contributed by atoms with E-state index in [-0.39, 0.29) is 17.6 Å². The molecular weight excluding hydrogens is 396 g/mol. The van der Waals surface area contributed by atoms with E-state index in [4.69, 9.17) is 4.74 Å². The molecule has 0 spiro atoms. The lowest BCUT2D eigenvalue weighted by molar-refractivity contribution is -0.122. The number of phenolic OH excluding ortho intramolecular Hbond substituents is 1. The van der Waals surface area contributed by atoms with Crippen molar-refractivity contribution >= 4 is 23.2 Å². The fraction of sp³-hybridized carbons (Fsp3) is 0.391. The number of hydrogen-bond acceptors (Lipinski definition) is 6. The first-order valence-electron chi connectivity index (χ1n) is 10.6. The largest absolute Gasteiger partial charge is 0.504 e. The molecular formula is C23H28N4O4. The van der Waals surface area contributed by atoms with Gasteiger partial charge >= 0.3 is 0 Å². The van der Waals surface area contributed by atoms with Crippen molar-refractivity contribution in [2.75, 3.05) is 42.9 Å². The summed E-state index contributed by atoms with van der Waals surface area (Å²) in [5.41, 5.74) is 3.22. The van der Waals surface area contributed by atoms with Crippen molar-refractivity contribution in [1.29, 1.82) is 0 Å². The smallest absolute Gasteiger partial charge is 0.265 e. The average molecular weight is 425 g/mol. The maximum absolute atomic E-state index is 11.9. The van der Waals surface area contributed by atoms with E-state index in [0.29, 0.717) is 30.1 Å². The summed E-state index contributed by atoms with van der Waals surface area (Å²) in [5.74, 6) is 0.112. The van der Waals surface area contributed by atoms with Crippen LogP contribution in [0.25, 0.3) is 0 Å². The van der Waals surface area contributed by atoms with Gasteiger partial charge in [-0.25, -0.2) is 0 Å². The molecule has 0 aliphatic carbocycles. The van der Waals surface area contributed by atoms with Crippen LogP contribution in [0.15, 0.2) is 36.4 Å². The number of piperazine rings is 1. The number of phenols is 1. The number of ether oxygens (including phenoxy) is 1. The zero-order valence-electron chi connectivity index (χ0n) is 17.9. The predicted octanol–water partition coefficient (Wildman–Crippen LogP) is 2.18. The number of nitrogens with zero attached hydrogens (tertiary/aromatic N) is 2. The van der Waals surface area contributed by atoms with E-state index in [2.05, 4.69) is 20.4 Å². The van der Waals surface area contributed by atoms with Crippen molar-refractivity contribution in [1.82, 2.24) is 10.2 Å². The molecule has 1 saturated heterocycles. The second-order valence-electron chi connectivity index (χ2n) is 7.91. The molecule has 1 fully saturated rings. The number of amides is 2. The van der Waals surface area contributed by atoms with E-state index >= 15 is 0 Å². The van der Waals surface area contributed by atoms with Gasteiger partial charge in [0.1, 0.15) is 0 Å². The highest BCUT2D eigenvalue weighted by Gasteiger charge is 2.27. The molecule has 31 heavy (non-hydrogen) atoms. The van der Waals surface area contributed by atoms with E-state index < -0.39 is 6.10 Å². The minimum Gasteiger partial charge on any atom is -0.504 e. The Morgan fingerprint density at radius 2 is 1.90 bits per heavy atom. The molecule has 1 unspecified atom stereocenters. The van der Waals surface area contributed by atoms with Crippen molar-refractivity contribution in [2.24, 2.45) is 0 Å². The lowest BCUT2D eigenvalue weighted by atomic mass is 10.1. The molecule has 4 rings (SSSR count). The normalized spacial score (nSPS) is 18.7. The Bertz CT molecular complexity index is 968. The van der Waals surface area contributed by atoms with Gasteiger partial charge in [-0.05, 0) is 55.8 Å². The number of carbonyl (C=O) groups is 2. The molecule has 2 heterocycles. The standard InChI is InChI=1S/C23H28N4O4/c1-3-24-23(30)17-4-6-18(7-5-17)27-10-8-26(9-11-27)14-16-12-19-21(20(28)13-16)31-15(2)22(29)25-19/h4-7,12-13,15,28H,3,8-11,14H2,1-2H3,(H,24,30)(H,25,29). The molecule has 2 aliphatic rings. The molecule has 0 radical (unpaired) electrons. The Morgan fingerprint density at radius 3 is 2.58 bits per heavy atom. The molecule has 2 aromatic carbocycles. The van der Waals surface area contributed by atoms with Crippen molar-refractivity contribution in [3.63, 3.8) is 0 Å². The lowest BCUT2D eigenvalue weighted by Gasteiger charge is -2.36. The highest BCUT2D eigenvalue weighted by atomic mass is 16.5. The highest BCUT2D eigenvalue weighted by Crippen LogP contribution is 2.39. The Hall–Kier alpha value is -3.26. The molecule has 2 amide bonds. The van der Waals surface area contributed by atoms with Crippen LogP contribution in [-0.2, 0) is 11.3 Å². The number of aromatic hydroxyl groups is 1. The molecule has 0 saturated carbocycles. The van der Waals surface area contributed by atoms with Gasteiger partial charge in [0.15, 0.2) is 17.6 Å². The number of carbonyl (C=O) groups excluding carboxylic acids is 2. The van der Waals surface area contributed by atoms with E-state index in [0.717, 1.165) is 37.4 Å². The van der Waals surface area contributed by atoms with Crippen LogP contribution < -0.4 is 20.3 Å². The number of nitrogens with one attached hydrogen (secondary N) is 2. The Labute approximate surface area is 181 Å². The van der Waals surface area contributed by atoms with Gasteiger partial charge in [0.2, 0.25) is 0 Å². The summed E-state index contributed by atoms with van der Waals surface area (Å²) >= 11 is 0. The van der Waals surface area contributed by atoms with Gasteiger partial charge in [-0.2, -0.15) is 0 Å². The fourth-order valence-electron chi connectivity index (χ4n) is 3.95. The van der Waals surface area contributed by atoms with E-state index in [1.54, 1.807) is 13.0 Å². The third-order valence-electron chi connectivity index (χ3n) is 5.66. The summed E-state index contributed by atoms with van der Waals surface area (Å²) in [4.78, 5) is 28.4. The van der Waals surface area contributed by atoms with Gasteiger partial charge in [0, 0.05) is 50.5 Å². The van der Waals surface area contributed by atoms with Gasteiger partial charge in [-0.1, -0.05) is 0 Å². The van der Waals surface area contributed by atoms with Crippen LogP contribution in [0.4, 0.5) is 11.4 Å². The zero-order chi connectivity index (χ0) is 22.0. The molecule has 3 N–H and O–H groups in total. The zero-order valence-corrected chi connectivity index (χ0v) is 17.9. The van der Waals surface area contributed by atoms with Crippen LogP contribution in [0.2, 0.25) is 0 Å². The fourth-order valence-corrected chi connectivity index (χ4v) is 3.95. The van der Waals surface area contributed by atoms with Gasteiger partial charge in [-0.15, -0.1) is 0 Å². The number of benzene rings is 2. The molecule has 164 valence electrons. The predicted molar refractivity (Wildman–Crippen MR) is 119 cm³/mol. The molecule has 0 bridgehead atoms. The van der Waals surface area contributed by atoms with Crippen LogP contribution in [0.3, 0.4) is 0 Å². The minimum absolute atomic E-state index is 0.0465. The van der Waals surface area contributed by atoms with Gasteiger partial charge in [0.25, 0.3) is 11.8 Å². The number of anilines is 2. The first kappa shape index (κ1) is 21.0. The summed E-state index contributed by atoms with van der Waals surface area (Å²) in [6, 6.07) is 11.3. The van der Waals surface area contributed by atoms with Crippen molar-refractivity contribution in [3.05, 3.63) is 47.5 Å². The van der Waals surface area contributed by atoms with Crippen LogP contribution in [-0.4, -0.2) is 60.6 Å². The second kappa shape index (κ2) is 8.85. The quantitative estimate of drug-likeness (QED) is 0.681. The Morgan fingerprint density at radius 1 is 1.19 bits per heavy atom. The molecule has 8 nitrogen and oxygen atoms in total. The van der Waals surface area contributed by atoms with E-state index in [1.165, 1.54) is 0 Å². The number of fused-ring (bicyclic) bond motifs is 1. The molecule has 2 aromatic rings. The molecule has 8 heteroatoms. The van der Waals surface area contributed by atoms with Crippen molar-refractivity contribution < 1.29 is 19.4 Å². The van der Waals surface area contributed by atoms with E-state index in [9.17, 15) is 14.7 Å². The van der Waals surface area contributed by atoms with Crippen molar-refractivity contribution in [2.45, 2.75) is 26.5 Å². The third-order valence-corrected chi connectivity index (χ3v) is 5.66. The van der Waals surface area contributed by atoms with Crippen LogP contribution in [0.5, 0.6) is 11.5 Å². The highest BCUT2D eigenvalue weighted by molar-refractivity contribution is 5.98. The summed E-state index contributed by atoms with van der Waals surface area (Å²) in [6.45, 7) is 8.33. The van der Waals surface area contributed by atoms with Crippen LogP contribution in [0.1, 0.15) is 29.8 Å². The summed E-state index contributed by atoms with van der Waals surface area (Å²) in [5, 5.41) is 15.9. The topological polar surface area (TPSA) is 94.1 Å². The minimum atomic E-state index is -0.618. The summed E-state index contributed by atoms with van der Waals surface area (Å²) in [7, 11) is 0. The molecule has 2 aliphatic heterocycles. The molecule has 1 atom stereocenters. The van der Waals surface area contributed by atoms with Gasteiger partial charge < -0.3 is 25.4 Å². The first-order chi connectivity index (χ1) is 14.9. The average Bonchev–Trinajstić information content (AvgIpc) is 2.76. The van der Waals surface area contributed by atoms with Gasteiger partial charge in [-0.3, -0.25) is 14.5 Å². The first-order valence-corrected chi connectivity index (χ1v) is 10.6. The van der Waals surface area contributed by atoms with Gasteiger partial charge in [0.05, 0.1) is 5.69 Å². The van der Waals surface area contributed by atoms with Crippen LogP contribution in [0, 0.1) is 0 Å². The number of hydrogen-bond donors (Lipinski definition) is 3. The third kappa shape index (κ3) is 4.59. The Balaban J connectivity index is 1.35. The van der Waals surface area contributed by atoms with Crippen LogP contribution >= 0.6 is 0 Å². The maximum atomic E-state index is 11.9. The van der Waals surface area contributed by atoms with Crippen molar-refractivity contribution in [3.8, 4) is 11.5 Å². The monoisotopic (exact) mass is 424 g/mol. The number of rotatable bonds is 5. The SMILES string of the molecule is CCNC(=O)c1ccc(N2CCN(Cc3cc(O)c4c(c3)NC(=O)C(C)O4)CC2)cc1.